The fourth-order valence-electron chi connectivity index (χ4n) is 1.66. The highest BCUT2D eigenvalue weighted by Crippen LogP contribution is 2.03. The Morgan fingerprint density at radius 1 is 1.27 bits per heavy atom. The second-order valence-electron chi connectivity index (χ2n) is 4.49. The maximum Gasteiger partial charge on any atom is 0.224 e. The third kappa shape index (κ3) is 6.50. The van der Waals surface area contributed by atoms with Gasteiger partial charge in [-0.15, -0.1) is 0 Å². The molecular weight excluding hydrogens is 188 g/mol. The van der Waals surface area contributed by atoms with Gasteiger partial charge in [-0.3, -0.25) is 4.79 Å². The Balaban J connectivity index is 4.03. The van der Waals surface area contributed by atoms with Crippen molar-refractivity contribution in [2.24, 2.45) is 5.92 Å². The number of amides is 1. The Hall–Kier alpha value is -0.570. The lowest BCUT2D eigenvalue weighted by molar-refractivity contribution is -0.131. The normalized spacial score (nSPS) is 12.9. The minimum atomic E-state index is 0.264. The first-order valence-electron chi connectivity index (χ1n) is 6.02. The molecule has 0 fully saturated rings. The van der Waals surface area contributed by atoms with Crippen molar-refractivity contribution < 1.29 is 4.79 Å². The van der Waals surface area contributed by atoms with E-state index in [9.17, 15) is 4.79 Å². The lowest BCUT2D eigenvalue weighted by atomic mass is 10.1. The molecule has 0 radical (unpaired) electrons. The molecule has 1 N–H and O–H groups in total. The van der Waals surface area contributed by atoms with Crippen LogP contribution in [0.5, 0.6) is 0 Å². The number of nitrogens with one attached hydrogen (secondary N) is 1. The second-order valence-corrected chi connectivity index (χ2v) is 4.49. The van der Waals surface area contributed by atoms with Crippen LogP contribution in [0, 0.1) is 5.92 Å². The van der Waals surface area contributed by atoms with E-state index < -0.39 is 0 Å². The first-order valence-corrected chi connectivity index (χ1v) is 6.02. The van der Waals surface area contributed by atoms with Crippen LogP contribution in [0.1, 0.15) is 41.0 Å². The van der Waals surface area contributed by atoms with Crippen LogP contribution in [0.15, 0.2) is 0 Å². The van der Waals surface area contributed by atoms with Crippen molar-refractivity contribution >= 4 is 5.91 Å². The summed E-state index contributed by atoms with van der Waals surface area (Å²) in [6.07, 6.45) is 0.606. The molecule has 15 heavy (non-hydrogen) atoms. The van der Waals surface area contributed by atoms with E-state index in [1.54, 1.807) is 0 Å². The number of carbonyl (C=O) groups excluding carboxylic acids is 1. The van der Waals surface area contributed by atoms with Crippen molar-refractivity contribution in [1.82, 2.24) is 10.2 Å². The maximum absolute atomic E-state index is 11.9. The van der Waals surface area contributed by atoms with Gasteiger partial charge in [0, 0.05) is 25.6 Å². The molecule has 1 atom stereocenters. The maximum atomic E-state index is 11.9. The van der Waals surface area contributed by atoms with Gasteiger partial charge in [-0.1, -0.05) is 20.8 Å². The summed E-state index contributed by atoms with van der Waals surface area (Å²) < 4.78 is 0. The molecule has 1 unspecified atom stereocenters. The summed E-state index contributed by atoms with van der Waals surface area (Å²) in [7, 11) is 0. The zero-order valence-corrected chi connectivity index (χ0v) is 10.8. The summed E-state index contributed by atoms with van der Waals surface area (Å²) in [5.74, 6) is 0.808. The molecule has 0 aliphatic carbocycles. The van der Waals surface area contributed by atoms with Gasteiger partial charge in [-0.25, -0.2) is 0 Å². The van der Waals surface area contributed by atoms with E-state index in [1.165, 1.54) is 0 Å². The molecule has 3 heteroatoms. The van der Waals surface area contributed by atoms with Gasteiger partial charge >= 0.3 is 0 Å². The monoisotopic (exact) mass is 214 g/mol. The zero-order chi connectivity index (χ0) is 11.8. The highest BCUT2D eigenvalue weighted by Gasteiger charge is 2.15. The Morgan fingerprint density at radius 3 is 2.27 bits per heavy atom. The zero-order valence-electron chi connectivity index (χ0n) is 10.8. The summed E-state index contributed by atoms with van der Waals surface area (Å²) in [6.45, 7) is 13.1. The smallest absolute Gasteiger partial charge is 0.224 e. The van der Waals surface area contributed by atoms with Crippen LogP contribution in [-0.4, -0.2) is 36.5 Å². The lowest BCUT2D eigenvalue weighted by Gasteiger charge is -2.24. The van der Waals surface area contributed by atoms with Crippen molar-refractivity contribution in [2.75, 3.05) is 19.6 Å². The standard InChI is InChI=1S/C12H26N2O/c1-6-13-11(5)8-12(15)14(7-2)9-10(3)4/h10-11,13H,6-9H2,1-5H3. The van der Waals surface area contributed by atoms with Crippen LogP contribution in [0.4, 0.5) is 0 Å². The Morgan fingerprint density at radius 2 is 1.87 bits per heavy atom. The summed E-state index contributed by atoms with van der Waals surface area (Å²) >= 11 is 0. The molecular formula is C12H26N2O. The second kappa shape index (κ2) is 7.69. The van der Waals surface area contributed by atoms with Gasteiger partial charge in [0.15, 0.2) is 0 Å². The van der Waals surface area contributed by atoms with E-state index in [2.05, 4.69) is 33.0 Å². The third-order valence-electron chi connectivity index (χ3n) is 2.35. The van der Waals surface area contributed by atoms with Gasteiger partial charge in [0.05, 0.1) is 0 Å². The van der Waals surface area contributed by atoms with Crippen molar-refractivity contribution in [3.63, 3.8) is 0 Å². The van der Waals surface area contributed by atoms with Crippen LogP contribution in [0.3, 0.4) is 0 Å². The minimum absolute atomic E-state index is 0.264. The first kappa shape index (κ1) is 14.4. The fourth-order valence-corrected chi connectivity index (χ4v) is 1.66. The van der Waals surface area contributed by atoms with Gasteiger partial charge in [0.1, 0.15) is 0 Å². The van der Waals surface area contributed by atoms with E-state index in [-0.39, 0.29) is 11.9 Å². The average Bonchev–Trinajstić information content (AvgIpc) is 2.13. The Bertz CT molecular complexity index is 180. The van der Waals surface area contributed by atoms with Crippen molar-refractivity contribution in [2.45, 2.75) is 47.1 Å². The highest BCUT2D eigenvalue weighted by molar-refractivity contribution is 5.76. The number of rotatable bonds is 7. The molecule has 0 rings (SSSR count). The third-order valence-corrected chi connectivity index (χ3v) is 2.35. The number of nitrogens with zero attached hydrogens (tertiary/aromatic N) is 1. The van der Waals surface area contributed by atoms with Gasteiger partial charge in [0.2, 0.25) is 5.91 Å². The van der Waals surface area contributed by atoms with Crippen molar-refractivity contribution in [1.29, 1.82) is 0 Å². The SMILES string of the molecule is CCNC(C)CC(=O)N(CC)CC(C)C. The molecule has 0 heterocycles. The van der Waals surface area contributed by atoms with E-state index in [4.69, 9.17) is 0 Å². The molecule has 0 aromatic carbocycles. The molecule has 0 saturated heterocycles. The predicted octanol–water partition coefficient (Wildman–Crippen LogP) is 1.88. The highest BCUT2D eigenvalue weighted by atomic mass is 16.2. The first-order chi connectivity index (χ1) is 7.01. The Labute approximate surface area is 94.2 Å². The summed E-state index contributed by atoms with van der Waals surface area (Å²) in [5, 5.41) is 3.26. The summed E-state index contributed by atoms with van der Waals surface area (Å²) in [6, 6.07) is 0.281. The van der Waals surface area contributed by atoms with E-state index >= 15 is 0 Å². The molecule has 3 nitrogen and oxygen atoms in total. The van der Waals surface area contributed by atoms with Crippen LogP contribution in [0.2, 0.25) is 0 Å². The van der Waals surface area contributed by atoms with Gasteiger partial charge in [-0.05, 0) is 26.3 Å². The molecule has 0 aliphatic heterocycles. The molecule has 0 bridgehead atoms. The fraction of sp³-hybridized carbons (Fsp3) is 0.917. The largest absolute Gasteiger partial charge is 0.343 e. The summed E-state index contributed by atoms with van der Waals surface area (Å²) in [5.41, 5.74) is 0. The van der Waals surface area contributed by atoms with Gasteiger partial charge in [0.25, 0.3) is 0 Å². The number of hydrogen-bond donors (Lipinski definition) is 1. The van der Waals surface area contributed by atoms with Gasteiger partial charge < -0.3 is 10.2 Å². The van der Waals surface area contributed by atoms with Crippen LogP contribution < -0.4 is 5.32 Å². The van der Waals surface area contributed by atoms with Gasteiger partial charge in [-0.2, -0.15) is 0 Å². The topological polar surface area (TPSA) is 32.3 Å². The minimum Gasteiger partial charge on any atom is -0.343 e. The number of carbonyl (C=O) groups is 1. The molecule has 0 saturated carbocycles. The lowest BCUT2D eigenvalue weighted by Crippen LogP contribution is -2.38. The molecule has 0 aliphatic rings. The average molecular weight is 214 g/mol. The molecule has 1 amide bonds. The van der Waals surface area contributed by atoms with Crippen LogP contribution in [-0.2, 0) is 4.79 Å². The summed E-state index contributed by atoms with van der Waals surface area (Å²) in [4.78, 5) is 13.8. The van der Waals surface area contributed by atoms with E-state index in [1.807, 2.05) is 11.8 Å². The van der Waals surface area contributed by atoms with E-state index in [0.717, 1.165) is 19.6 Å². The quantitative estimate of drug-likeness (QED) is 0.702. The molecule has 0 spiro atoms. The van der Waals surface area contributed by atoms with E-state index in [0.29, 0.717) is 12.3 Å². The van der Waals surface area contributed by atoms with Crippen LogP contribution >= 0.6 is 0 Å². The molecule has 90 valence electrons. The Kier molecular flexibility index (Phi) is 7.39. The predicted molar refractivity (Wildman–Crippen MR) is 64.8 cm³/mol. The van der Waals surface area contributed by atoms with Crippen LogP contribution in [0.25, 0.3) is 0 Å². The molecule has 0 aromatic heterocycles. The van der Waals surface area contributed by atoms with Crippen molar-refractivity contribution in [3.05, 3.63) is 0 Å². The number of hydrogen-bond acceptors (Lipinski definition) is 2. The van der Waals surface area contributed by atoms with Crippen molar-refractivity contribution in [3.8, 4) is 0 Å². The molecule has 0 aromatic rings.